The van der Waals surface area contributed by atoms with Crippen molar-refractivity contribution >= 4 is 23.5 Å². The minimum Gasteiger partial charge on any atom is -0.370 e. The number of aliphatic imine (C=N–C) groups is 1. The molecule has 0 atom stereocenters. The molecule has 0 spiro atoms. The van der Waals surface area contributed by atoms with Gasteiger partial charge in [-0.1, -0.05) is 48.8 Å². The Balaban J connectivity index is 2.30. The van der Waals surface area contributed by atoms with Gasteiger partial charge in [-0.3, -0.25) is 15.1 Å². The maximum Gasteiger partial charge on any atom is 0.263 e. The molecule has 6 nitrogen and oxygen atoms in total. The van der Waals surface area contributed by atoms with Crippen molar-refractivity contribution in [3.05, 3.63) is 40.6 Å². The number of halogens is 1. The van der Waals surface area contributed by atoms with Crippen molar-refractivity contribution < 1.29 is 9.32 Å². The molecule has 0 aliphatic carbocycles. The second kappa shape index (κ2) is 7.28. The Morgan fingerprint density at radius 3 is 2.78 bits per heavy atom. The van der Waals surface area contributed by atoms with Gasteiger partial charge in [0.15, 0.2) is 5.96 Å². The Kier molecular flexibility index (Phi) is 5.39. The first-order valence-electron chi connectivity index (χ1n) is 7.22. The Hall–Kier alpha value is -2.34. The van der Waals surface area contributed by atoms with Crippen molar-refractivity contribution in [3.63, 3.8) is 0 Å². The van der Waals surface area contributed by atoms with Crippen LogP contribution in [0.1, 0.15) is 30.0 Å². The SMILES string of the molecule is Cc1onc(-c2ccccc2Cl)c1C(=O)NC(N)=NCC(C)C. The third-order valence-electron chi connectivity index (χ3n) is 3.09. The smallest absolute Gasteiger partial charge is 0.263 e. The van der Waals surface area contributed by atoms with Crippen molar-refractivity contribution in [1.29, 1.82) is 0 Å². The summed E-state index contributed by atoms with van der Waals surface area (Å²) in [5.74, 6) is 0.369. The van der Waals surface area contributed by atoms with Gasteiger partial charge in [-0.15, -0.1) is 0 Å². The van der Waals surface area contributed by atoms with Gasteiger partial charge in [-0.25, -0.2) is 0 Å². The molecule has 3 N–H and O–H groups in total. The molecule has 23 heavy (non-hydrogen) atoms. The van der Waals surface area contributed by atoms with Crippen molar-refractivity contribution in [1.82, 2.24) is 10.5 Å². The minimum absolute atomic E-state index is 0.0643. The Bertz CT molecular complexity index is 737. The third kappa shape index (κ3) is 4.10. The van der Waals surface area contributed by atoms with Gasteiger partial charge in [0.25, 0.3) is 5.91 Å². The van der Waals surface area contributed by atoms with Crippen LogP contribution in [0, 0.1) is 12.8 Å². The third-order valence-corrected chi connectivity index (χ3v) is 3.42. The number of carbonyl (C=O) groups is 1. The highest BCUT2D eigenvalue weighted by atomic mass is 35.5. The monoisotopic (exact) mass is 334 g/mol. The van der Waals surface area contributed by atoms with E-state index in [0.717, 1.165) is 0 Å². The number of aromatic nitrogens is 1. The van der Waals surface area contributed by atoms with Gasteiger partial charge in [-0.05, 0) is 18.9 Å². The Morgan fingerprint density at radius 2 is 2.13 bits per heavy atom. The van der Waals surface area contributed by atoms with Gasteiger partial charge in [0.2, 0.25) is 0 Å². The molecule has 0 saturated heterocycles. The van der Waals surface area contributed by atoms with E-state index in [1.165, 1.54) is 0 Å². The zero-order chi connectivity index (χ0) is 17.0. The molecule has 2 aromatic rings. The minimum atomic E-state index is -0.427. The molecule has 1 amide bonds. The van der Waals surface area contributed by atoms with Gasteiger partial charge < -0.3 is 10.3 Å². The summed E-state index contributed by atoms with van der Waals surface area (Å²) in [6.45, 7) is 6.21. The van der Waals surface area contributed by atoms with Crippen LogP contribution in [0.15, 0.2) is 33.8 Å². The van der Waals surface area contributed by atoms with Gasteiger partial charge in [0.05, 0.1) is 5.02 Å². The lowest BCUT2D eigenvalue weighted by Crippen LogP contribution is -2.37. The van der Waals surface area contributed by atoms with E-state index >= 15 is 0 Å². The number of hydrogen-bond donors (Lipinski definition) is 2. The molecule has 122 valence electrons. The number of nitrogens with one attached hydrogen (secondary N) is 1. The van der Waals surface area contributed by atoms with E-state index in [4.69, 9.17) is 21.9 Å². The first kappa shape index (κ1) is 17.0. The summed E-state index contributed by atoms with van der Waals surface area (Å²) in [6, 6.07) is 7.11. The van der Waals surface area contributed by atoms with Crippen molar-refractivity contribution in [2.75, 3.05) is 6.54 Å². The largest absolute Gasteiger partial charge is 0.370 e. The van der Waals surface area contributed by atoms with Crippen LogP contribution >= 0.6 is 11.6 Å². The van der Waals surface area contributed by atoms with Crippen molar-refractivity contribution in [3.8, 4) is 11.3 Å². The zero-order valence-electron chi connectivity index (χ0n) is 13.3. The number of carbonyl (C=O) groups excluding carboxylic acids is 1. The summed E-state index contributed by atoms with van der Waals surface area (Å²) in [4.78, 5) is 16.6. The Labute approximate surface area is 139 Å². The quantitative estimate of drug-likeness (QED) is 0.664. The molecule has 0 radical (unpaired) electrons. The molecule has 0 unspecified atom stereocenters. The van der Waals surface area contributed by atoms with Crippen LogP contribution in [0.2, 0.25) is 5.02 Å². The standard InChI is InChI=1S/C16H19ClN4O2/c1-9(2)8-19-16(18)20-15(22)13-10(3)23-21-14(13)11-6-4-5-7-12(11)17/h4-7,9H,8H2,1-3H3,(H3,18,19,20,22). The van der Waals surface area contributed by atoms with Crippen LogP contribution in [0.5, 0.6) is 0 Å². The lowest BCUT2D eigenvalue weighted by molar-refractivity contribution is 0.0975. The number of benzene rings is 1. The van der Waals surface area contributed by atoms with Crippen molar-refractivity contribution in [2.45, 2.75) is 20.8 Å². The van der Waals surface area contributed by atoms with E-state index in [9.17, 15) is 4.79 Å². The number of rotatable bonds is 4. The summed E-state index contributed by atoms with van der Waals surface area (Å²) in [5, 5.41) is 6.98. The van der Waals surface area contributed by atoms with Gasteiger partial charge in [-0.2, -0.15) is 0 Å². The first-order valence-corrected chi connectivity index (χ1v) is 7.60. The topological polar surface area (TPSA) is 93.5 Å². The second-order valence-corrected chi connectivity index (χ2v) is 5.92. The summed E-state index contributed by atoms with van der Waals surface area (Å²) in [5.41, 5.74) is 7.03. The van der Waals surface area contributed by atoms with Crippen LogP contribution < -0.4 is 11.1 Å². The van der Waals surface area contributed by atoms with Gasteiger partial charge in [0, 0.05) is 12.1 Å². The van der Waals surface area contributed by atoms with Crippen LogP contribution in [0.25, 0.3) is 11.3 Å². The fraction of sp³-hybridized carbons (Fsp3) is 0.312. The van der Waals surface area contributed by atoms with Crippen molar-refractivity contribution in [2.24, 2.45) is 16.6 Å². The van der Waals surface area contributed by atoms with E-state index in [2.05, 4.69) is 15.5 Å². The predicted octanol–water partition coefficient (Wildman–Crippen LogP) is 3.00. The van der Waals surface area contributed by atoms with Crippen LogP contribution in [-0.4, -0.2) is 23.6 Å². The molecule has 0 fully saturated rings. The first-order chi connectivity index (χ1) is 10.9. The van der Waals surface area contributed by atoms with Gasteiger partial charge >= 0.3 is 0 Å². The molecule has 0 aliphatic heterocycles. The predicted molar refractivity (Wildman–Crippen MR) is 90.5 cm³/mol. The molecule has 0 aliphatic rings. The normalized spacial score (nSPS) is 11.8. The zero-order valence-corrected chi connectivity index (χ0v) is 14.0. The molecule has 0 bridgehead atoms. The number of aryl methyl sites for hydroxylation is 1. The highest BCUT2D eigenvalue weighted by Crippen LogP contribution is 2.30. The summed E-state index contributed by atoms with van der Waals surface area (Å²) in [6.07, 6.45) is 0. The molecule has 1 aromatic carbocycles. The second-order valence-electron chi connectivity index (χ2n) is 5.52. The number of nitrogens with two attached hydrogens (primary N) is 1. The summed E-state index contributed by atoms with van der Waals surface area (Å²) < 4.78 is 5.16. The fourth-order valence-electron chi connectivity index (χ4n) is 1.98. The number of amides is 1. The molecule has 1 aromatic heterocycles. The maximum atomic E-state index is 12.5. The summed E-state index contributed by atoms with van der Waals surface area (Å²) >= 11 is 6.17. The lowest BCUT2D eigenvalue weighted by atomic mass is 10.1. The molecule has 2 rings (SSSR count). The highest BCUT2D eigenvalue weighted by Gasteiger charge is 2.23. The maximum absolute atomic E-state index is 12.5. The number of hydrogen-bond acceptors (Lipinski definition) is 4. The van der Waals surface area contributed by atoms with Gasteiger partial charge in [0.1, 0.15) is 17.0 Å². The molecule has 0 saturated carbocycles. The molecule has 1 heterocycles. The average Bonchev–Trinajstić information content (AvgIpc) is 2.87. The van der Waals surface area contributed by atoms with Crippen LogP contribution in [-0.2, 0) is 0 Å². The van der Waals surface area contributed by atoms with E-state index in [1.54, 1.807) is 25.1 Å². The lowest BCUT2D eigenvalue weighted by Gasteiger charge is -2.07. The highest BCUT2D eigenvalue weighted by molar-refractivity contribution is 6.33. The Morgan fingerprint density at radius 1 is 1.43 bits per heavy atom. The number of nitrogens with zero attached hydrogens (tertiary/aromatic N) is 2. The molecule has 7 heteroatoms. The molecular weight excluding hydrogens is 316 g/mol. The van der Waals surface area contributed by atoms with E-state index in [1.807, 2.05) is 19.9 Å². The fourth-order valence-corrected chi connectivity index (χ4v) is 2.20. The molecular formula is C16H19ClN4O2. The van der Waals surface area contributed by atoms with E-state index in [-0.39, 0.29) is 5.96 Å². The average molecular weight is 335 g/mol. The van der Waals surface area contributed by atoms with Crippen LogP contribution in [0.4, 0.5) is 0 Å². The number of guanidine groups is 1. The van der Waals surface area contributed by atoms with Crippen LogP contribution in [0.3, 0.4) is 0 Å². The van der Waals surface area contributed by atoms with E-state index < -0.39 is 5.91 Å². The van der Waals surface area contributed by atoms with E-state index in [0.29, 0.717) is 40.1 Å². The summed E-state index contributed by atoms with van der Waals surface area (Å²) in [7, 11) is 0.